The van der Waals surface area contributed by atoms with Crippen LogP contribution in [0.3, 0.4) is 0 Å². The van der Waals surface area contributed by atoms with Crippen LogP contribution in [0.15, 0.2) is 36.4 Å². The van der Waals surface area contributed by atoms with E-state index in [-0.39, 0.29) is 0 Å². The number of hydrogen-bond donors (Lipinski definition) is 1. The largest absolute Gasteiger partial charge is 0.496 e. The Balaban J connectivity index is 2.34. The van der Waals surface area contributed by atoms with E-state index in [0.29, 0.717) is 28.7 Å². The van der Waals surface area contributed by atoms with Crippen LogP contribution in [-0.2, 0) is 0 Å². The maximum atomic E-state index is 5.98. The monoisotopic (exact) mass is 259 g/mol. The van der Waals surface area contributed by atoms with Crippen molar-refractivity contribution in [3.63, 3.8) is 0 Å². The van der Waals surface area contributed by atoms with Crippen LogP contribution >= 0.6 is 0 Å². The molecular weight excluding hydrogens is 242 g/mol. The number of rotatable bonds is 4. The Morgan fingerprint density at radius 1 is 0.895 bits per heavy atom. The minimum Gasteiger partial charge on any atom is -0.496 e. The molecule has 19 heavy (non-hydrogen) atoms. The van der Waals surface area contributed by atoms with Crippen molar-refractivity contribution < 1.29 is 14.2 Å². The SMILES string of the molecule is COc1cc(OC)cc(Oc2cccc(C)c2N)c1. The van der Waals surface area contributed by atoms with Crippen LogP contribution in [0.4, 0.5) is 5.69 Å². The van der Waals surface area contributed by atoms with Gasteiger partial charge in [-0.05, 0) is 18.6 Å². The van der Waals surface area contributed by atoms with Crippen LogP contribution in [0.5, 0.6) is 23.0 Å². The molecule has 0 atom stereocenters. The Hall–Kier alpha value is -2.36. The zero-order valence-electron chi connectivity index (χ0n) is 11.3. The molecule has 0 saturated heterocycles. The van der Waals surface area contributed by atoms with E-state index in [9.17, 15) is 0 Å². The third kappa shape index (κ3) is 2.91. The van der Waals surface area contributed by atoms with Crippen molar-refractivity contribution in [2.75, 3.05) is 20.0 Å². The lowest BCUT2D eigenvalue weighted by molar-refractivity contribution is 0.386. The van der Waals surface area contributed by atoms with Gasteiger partial charge in [-0.1, -0.05) is 12.1 Å². The zero-order valence-corrected chi connectivity index (χ0v) is 11.3. The maximum absolute atomic E-state index is 5.98. The molecule has 0 fully saturated rings. The molecule has 4 heteroatoms. The highest BCUT2D eigenvalue weighted by atomic mass is 16.5. The molecule has 4 nitrogen and oxygen atoms in total. The van der Waals surface area contributed by atoms with Crippen LogP contribution in [-0.4, -0.2) is 14.2 Å². The molecule has 0 aliphatic carbocycles. The maximum Gasteiger partial charge on any atom is 0.150 e. The molecule has 0 aliphatic heterocycles. The van der Waals surface area contributed by atoms with Gasteiger partial charge in [-0.3, -0.25) is 0 Å². The Labute approximate surface area is 112 Å². The molecule has 2 rings (SSSR count). The Kier molecular flexibility index (Phi) is 3.80. The van der Waals surface area contributed by atoms with Crippen molar-refractivity contribution in [2.24, 2.45) is 0 Å². The molecule has 0 aliphatic rings. The number of aryl methyl sites for hydroxylation is 1. The van der Waals surface area contributed by atoms with Gasteiger partial charge in [0.25, 0.3) is 0 Å². The number of para-hydroxylation sites is 1. The summed E-state index contributed by atoms with van der Waals surface area (Å²) < 4.78 is 16.2. The third-order valence-corrected chi connectivity index (χ3v) is 2.84. The average molecular weight is 259 g/mol. The number of ether oxygens (including phenoxy) is 3. The Morgan fingerprint density at radius 3 is 2.05 bits per heavy atom. The summed E-state index contributed by atoms with van der Waals surface area (Å²) in [6.07, 6.45) is 0. The van der Waals surface area contributed by atoms with Gasteiger partial charge in [0.2, 0.25) is 0 Å². The number of anilines is 1. The first-order chi connectivity index (χ1) is 9.13. The lowest BCUT2D eigenvalue weighted by Crippen LogP contribution is -1.95. The van der Waals surface area contributed by atoms with Gasteiger partial charge in [0, 0.05) is 18.2 Å². The molecule has 0 radical (unpaired) electrons. The second kappa shape index (κ2) is 5.52. The van der Waals surface area contributed by atoms with E-state index < -0.39 is 0 Å². The Bertz CT molecular complexity index is 559. The fraction of sp³-hybridized carbons (Fsp3) is 0.200. The molecule has 2 aromatic rings. The summed E-state index contributed by atoms with van der Waals surface area (Å²) in [4.78, 5) is 0. The summed E-state index contributed by atoms with van der Waals surface area (Å²) in [7, 11) is 3.19. The molecule has 0 unspecified atom stereocenters. The normalized spacial score (nSPS) is 10.1. The van der Waals surface area contributed by atoms with Gasteiger partial charge in [0.1, 0.15) is 17.2 Å². The van der Waals surface area contributed by atoms with Crippen molar-refractivity contribution in [1.82, 2.24) is 0 Å². The second-order valence-electron chi connectivity index (χ2n) is 4.14. The van der Waals surface area contributed by atoms with Gasteiger partial charge in [0.15, 0.2) is 5.75 Å². The number of methoxy groups -OCH3 is 2. The highest BCUT2D eigenvalue weighted by Crippen LogP contribution is 2.34. The standard InChI is InChI=1S/C15H17NO3/c1-10-5-4-6-14(15(10)16)19-13-8-11(17-2)7-12(9-13)18-3/h4-9H,16H2,1-3H3. The van der Waals surface area contributed by atoms with Crippen molar-refractivity contribution in [1.29, 1.82) is 0 Å². The topological polar surface area (TPSA) is 53.7 Å². The smallest absolute Gasteiger partial charge is 0.150 e. The van der Waals surface area contributed by atoms with Gasteiger partial charge < -0.3 is 19.9 Å². The molecule has 100 valence electrons. The number of benzene rings is 2. The van der Waals surface area contributed by atoms with Crippen molar-refractivity contribution >= 4 is 5.69 Å². The molecule has 0 aromatic heterocycles. The number of hydrogen-bond acceptors (Lipinski definition) is 4. The second-order valence-corrected chi connectivity index (χ2v) is 4.14. The van der Waals surface area contributed by atoms with Gasteiger partial charge >= 0.3 is 0 Å². The molecule has 0 amide bonds. The quantitative estimate of drug-likeness (QED) is 0.855. The molecule has 2 N–H and O–H groups in total. The van der Waals surface area contributed by atoms with E-state index in [1.54, 1.807) is 32.4 Å². The summed E-state index contributed by atoms with van der Waals surface area (Å²) in [5, 5.41) is 0. The summed E-state index contributed by atoms with van der Waals surface area (Å²) >= 11 is 0. The first-order valence-corrected chi connectivity index (χ1v) is 5.90. The highest BCUT2D eigenvalue weighted by molar-refractivity contribution is 5.59. The number of nitrogens with two attached hydrogens (primary N) is 1. The molecular formula is C15H17NO3. The Morgan fingerprint density at radius 2 is 1.47 bits per heavy atom. The van der Waals surface area contributed by atoms with Crippen LogP contribution in [0.25, 0.3) is 0 Å². The van der Waals surface area contributed by atoms with Gasteiger partial charge in [-0.2, -0.15) is 0 Å². The first-order valence-electron chi connectivity index (χ1n) is 5.90. The van der Waals surface area contributed by atoms with Crippen molar-refractivity contribution in [3.8, 4) is 23.0 Å². The lowest BCUT2D eigenvalue weighted by Gasteiger charge is -2.12. The van der Waals surface area contributed by atoms with Gasteiger partial charge in [-0.15, -0.1) is 0 Å². The fourth-order valence-electron chi connectivity index (χ4n) is 1.71. The van der Waals surface area contributed by atoms with Crippen LogP contribution in [0.2, 0.25) is 0 Å². The summed E-state index contributed by atoms with van der Waals surface area (Å²) in [6, 6.07) is 11.0. The first kappa shape index (κ1) is 13.1. The summed E-state index contributed by atoms with van der Waals surface area (Å²) in [5.74, 6) is 2.57. The molecule has 0 saturated carbocycles. The molecule has 0 bridgehead atoms. The van der Waals surface area contributed by atoms with Crippen LogP contribution in [0.1, 0.15) is 5.56 Å². The van der Waals surface area contributed by atoms with E-state index in [4.69, 9.17) is 19.9 Å². The molecule has 2 aromatic carbocycles. The number of nitrogen functional groups attached to an aromatic ring is 1. The summed E-state index contributed by atoms with van der Waals surface area (Å²) in [6.45, 7) is 1.94. The minimum atomic E-state index is 0.619. The van der Waals surface area contributed by atoms with Crippen LogP contribution < -0.4 is 19.9 Å². The predicted molar refractivity (Wildman–Crippen MR) is 75.2 cm³/mol. The molecule has 0 spiro atoms. The summed E-state index contributed by atoms with van der Waals surface area (Å²) in [5.41, 5.74) is 7.59. The fourth-order valence-corrected chi connectivity index (χ4v) is 1.71. The molecule has 0 heterocycles. The average Bonchev–Trinajstić information content (AvgIpc) is 2.43. The lowest BCUT2D eigenvalue weighted by atomic mass is 10.2. The third-order valence-electron chi connectivity index (χ3n) is 2.84. The van der Waals surface area contributed by atoms with E-state index in [0.717, 1.165) is 5.56 Å². The van der Waals surface area contributed by atoms with E-state index in [1.807, 2.05) is 25.1 Å². The van der Waals surface area contributed by atoms with Crippen molar-refractivity contribution in [3.05, 3.63) is 42.0 Å². The van der Waals surface area contributed by atoms with E-state index in [1.165, 1.54) is 0 Å². The van der Waals surface area contributed by atoms with Crippen LogP contribution in [0, 0.1) is 6.92 Å². The van der Waals surface area contributed by atoms with Gasteiger partial charge in [-0.25, -0.2) is 0 Å². The van der Waals surface area contributed by atoms with E-state index in [2.05, 4.69) is 0 Å². The van der Waals surface area contributed by atoms with E-state index >= 15 is 0 Å². The van der Waals surface area contributed by atoms with Gasteiger partial charge in [0.05, 0.1) is 19.9 Å². The minimum absolute atomic E-state index is 0.619. The van der Waals surface area contributed by atoms with Crippen molar-refractivity contribution in [2.45, 2.75) is 6.92 Å². The zero-order chi connectivity index (χ0) is 13.8. The predicted octanol–water partition coefficient (Wildman–Crippen LogP) is 3.39. The highest BCUT2D eigenvalue weighted by Gasteiger charge is 2.07.